The predicted molar refractivity (Wildman–Crippen MR) is 144 cm³/mol. The molecule has 1 fully saturated rings. The summed E-state index contributed by atoms with van der Waals surface area (Å²) in [5, 5.41) is 0. The van der Waals surface area contributed by atoms with Gasteiger partial charge < -0.3 is 18.6 Å². The van der Waals surface area contributed by atoms with Gasteiger partial charge in [-0.05, 0) is 51.7 Å². The van der Waals surface area contributed by atoms with Crippen LogP contribution < -0.4 is 0 Å². The minimum Gasteiger partial charge on any atom is -0.467 e. The van der Waals surface area contributed by atoms with E-state index in [2.05, 4.69) is 25.2 Å². The number of esters is 3. The summed E-state index contributed by atoms with van der Waals surface area (Å²) >= 11 is 0. The Bertz CT molecular complexity index is 741. The number of carbonyl (C=O) groups excluding carboxylic acids is 3. The molecule has 0 radical (unpaired) electrons. The molecule has 1 aliphatic rings. The molecule has 0 aliphatic heterocycles. The Morgan fingerprint density at radius 2 is 1.58 bits per heavy atom. The molecule has 0 spiro atoms. The normalized spacial score (nSPS) is 23.2. The average molecular weight is 525 g/mol. The molecule has 7 nitrogen and oxygen atoms in total. The first-order valence-corrected chi connectivity index (χ1v) is 16.8. The number of methoxy groups -OCH3 is 1. The summed E-state index contributed by atoms with van der Waals surface area (Å²) in [5.41, 5.74) is 0. The van der Waals surface area contributed by atoms with Crippen LogP contribution in [-0.2, 0) is 33.0 Å². The van der Waals surface area contributed by atoms with Gasteiger partial charge in [0.25, 0.3) is 0 Å². The van der Waals surface area contributed by atoms with Crippen molar-refractivity contribution in [1.82, 2.24) is 0 Å². The second-order valence-corrected chi connectivity index (χ2v) is 15.0. The van der Waals surface area contributed by atoms with Gasteiger partial charge in [0, 0.05) is 32.1 Å². The highest BCUT2D eigenvalue weighted by Gasteiger charge is 2.44. The summed E-state index contributed by atoms with van der Waals surface area (Å²) in [4.78, 5) is 35.6. The van der Waals surface area contributed by atoms with Crippen LogP contribution in [-0.4, -0.2) is 51.6 Å². The Hall–Kier alpha value is -1.93. The molecule has 5 atom stereocenters. The van der Waals surface area contributed by atoms with Crippen LogP contribution in [0.2, 0.25) is 19.6 Å². The van der Waals surface area contributed by atoms with Gasteiger partial charge in [0.15, 0.2) is 8.32 Å². The molecule has 1 unspecified atom stereocenters. The third-order valence-corrected chi connectivity index (χ3v) is 7.21. The fraction of sp³-hybridized carbons (Fsp3) is 0.750. The van der Waals surface area contributed by atoms with E-state index in [4.69, 9.17) is 18.6 Å². The van der Waals surface area contributed by atoms with E-state index in [1.807, 2.05) is 25.7 Å². The van der Waals surface area contributed by atoms with Crippen molar-refractivity contribution in [3.8, 4) is 0 Å². The van der Waals surface area contributed by atoms with Gasteiger partial charge in [0.2, 0.25) is 0 Å². The molecule has 0 bridgehead atoms. The van der Waals surface area contributed by atoms with Crippen LogP contribution in [0, 0.1) is 11.8 Å². The molecule has 206 valence electrons. The van der Waals surface area contributed by atoms with E-state index in [1.165, 1.54) is 40.2 Å². The maximum Gasteiger partial charge on any atom is 0.333 e. The van der Waals surface area contributed by atoms with Gasteiger partial charge in [-0.2, -0.15) is 0 Å². The summed E-state index contributed by atoms with van der Waals surface area (Å²) < 4.78 is 22.2. The maximum absolute atomic E-state index is 12.1. The summed E-state index contributed by atoms with van der Waals surface area (Å²) in [7, 11) is -0.511. The highest BCUT2D eigenvalue weighted by Crippen LogP contribution is 2.40. The number of hydrogen-bond donors (Lipinski definition) is 0. The summed E-state index contributed by atoms with van der Waals surface area (Å²) in [6, 6.07) is 0. The van der Waals surface area contributed by atoms with Crippen LogP contribution in [0.15, 0.2) is 24.3 Å². The summed E-state index contributed by atoms with van der Waals surface area (Å²) in [6.45, 7) is 11.2. The molecule has 0 aromatic rings. The lowest BCUT2D eigenvalue weighted by molar-refractivity contribution is -0.150. The van der Waals surface area contributed by atoms with Gasteiger partial charge in [0.1, 0.15) is 18.3 Å². The van der Waals surface area contributed by atoms with Crippen molar-refractivity contribution in [3.05, 3.63) is 24.3 Å². The highest BCUT2D eigenvalue weighted by molar-refractivity contribution is 6.69. The fourth-order valence-corrected chi connectivity index (χ4v) is 5.76. The van der Waals surface area contributed by atoms with Gasteiger partial charge in [-0.15, -0.1) is 0 Å². The fourth-order valence-electron chi connectivity index (χ4n) is 4.69. The molecule has 0 aromatic heterocycles. The number of ether oxygens (including phenoxy) is 3. The molecular formula is C28H48O7Si. The van der Waals surface area contributed by atoms with E-state index in [9.17, 15) is 14.4 Å². The van der Waals surface area contributed by atoms with Crippen LogP contribution in [0.3, 0.4) is 0 Å². The molecule has 0 saturated heterocycles. The lowest BCUT2D eigenvalue weighted by Gasteiger charge is -2.24. The monoisotopic (exact) mass is 524 g/mol. The molecular weight excluding hydrogens is 476 g/mol. The van der Waals surface area contributed by atoms with Crippen molar-refractivity contribution >= 4 is 26.2 Å². The van der Waals surface area contributed by atoms with E-state index in [1.54, 1.807) is 0 Å². The van der Waals surface area contributed by atoms with Crippen LogP contribution >= 0.6 is 0 Å². The van der Waals surface area contributed by atoms with Crippen molar-refractivity contribution in [2.45, 2.75) is 117 Å². The third kappa shape index (κ3) is 12.9. The lowest BCUT2D eigenvalue weighted by atomic mass is 9.89. The minimum absolute atomic E-state index is 0.0102. The quantitative estimate of drug-likeness (QED) is 0.0788. The maximum atomic E-state index is 12.1. The van der Waals surface area contributed by atoms with Gasteiger partial charge in [0.05, 0.1) is 7.11 Å². The molecule has 1 aliphatic carbocycles. The number of rotatable bonds is 16. The van der Waals surface area contributed by atoms with Crippen LogP contribution in [0.1, 0.15) is 78.6 Å². The van der Waals surface area contributed by atoms with Crippen molar-refractivity contribution in [2.75, 3.05) is 7.11 Å². The second-order valence-electron chi connectivity index (χ2n) is 10.6. The Morgan fingerprint density at radius 1 is 0.917 bits per heavy atom. The van der Waals surface area contributed by atoms with E-state index in [0.717, 1.165) is 12.8 Å². The number of unbranched alkanes of at least 4 members (excludes halogenated alkanes) is 4. The van der Waals surface area contributed by atoms with Gasteiger partial charge in [-0.1, -0.05) is 50.5 Å². The zero-order chi connectivity index (χ0) is 27.1. The van der Waals surface area contributed by atoms with Crippen LogP contribution in [0.25, 0.3) is 0 Å². The van der Waals surface area contributed by atoms with E-state index in [0.29, 0.717) is 25.7 Å². The minimum atomic E-state index is -1.89. The van der Waals surface area contributed by atoms with Crippen LogP contribution in [0.4, 0.5) is 0 Å². The molecule has 0 amide bonds. The average Bonchev–Trinajstić information content (AvgIpc) is 3.08. The van der Waals surface area contributed by atoms with E-state index < -0.39 is 14.4 Å². The second kappa shape index (κ2) is 16.7. The van der Waals surface area contributed by atoms with Crippen molar-refractivity contribution in [2.24, 2.45) is 11.8 Å². The number of allylic oxidation sites excluding steroid dienone is 3. The number of hydrogen-bond acceptors (Lipinski definition) is 7. The first-order chi connectivity index (χ1) is 17.0. The zero-order valence-corrected chi connectivity index (χ0v) is 24.4. The first-order valence-electron chi connectivity index (χ1n) is 13.4. The van der Waals surface area contributed by atoms with Gasteiger partial charge >= 0.3 is 17.9 Å². The van der Waals surface area contributed by atoms with Crippen LogP contribution in [0.5, 0.6) is 0 Å². The topological polar surface area (TPSA) is 88.1 Å². The summed E-state index contributed by atoms with van der Waals surface area (Å²) in [5.74, 6) is -1.01. The van der Waals surface area contributed by atoms with Crippen molar-refractivity contribution < 1.29 is 33.0 Å². The van der Waals surface area contributed by atoms with Crippen molar-refractivity contribution in [1.29, 1.82) is 0 Å². The smallest absolute Gasteiger partial charge is 0.333 e. The predicted octanol–water partition coefficient (Wildman–Crippen LogP) is 6.13. The van der Waals surface area contributed by atoms with E-state index in [-0.39, 0.29) is 42.0 Å². The molecule has 1 rings (SSSR count). The first kappa shape index (κ1) is 32.1. The molecule has 8 heteroatoms. The largest absolute Gasteiger partial charge is 0.467 e. The van der Waals surface area contributed by atoms with Crippen molar-refractivity contribution in [3.63, 3.8) is 0 Å². The molecule has 0 aromatic carbocycles. The molecule has 36 heavy (non-hydrogen) atoms. The Morgan fingerprint density at radius 3 is 2.17 bits per heavy atom. The zero-order valence-electron chi connectivity index (χ0n) is 23.4. The Kier molecular flexibility index (Phi) is 14.9. The molecule has 1 saturated carbocycles. The molecule has 0 heterocycles. The highest BCUT2D eigenvalue weighted by atomic mass is 28.4. The lowest BCUT2D eigenvalue weighted by Crippen LogP contribution is -2.37. The molecule has 0 N–H and O–H groups in total. The summed E-state index contributed by atoms with van der Waals surface area (Å²) in [6.07, 6.45) is 15.4. The van der Waals surface area contributed by atoms with E-state index >= 15 is 0 Å². The van der Waals surface area contributed by atoms with Gasteiger partial charge in [-0.3, -0.25) is 9.59 Å². The Labute approximate surface area is 219 Å². The van der Waals surface area contributed by atoms with Gasteiger partial charge in [-0.25, -0.2) is 4.79 Å². The standard InChI is InChI=1S/C28H48O7Si/c1-8-9-10-11-12-14-17-23-24(27(34-22(3)30)20-26(23)33-21(2)29)18-15-13-16-19-25(28(31)32-4)35-36(5,6)7/h13-15,17,23-27H,8-12,16,18-20H2,1-7H3/b15-13-,17-14+/t23-,24-,25?,26+,27-/m1/s1. The number of carbonyl (C=O) groups is 3. The Balaban J connectivity index is 2.88. The SMILES string of the molecule is CCCCCC/C=C/[C@@H]1[C@@H](C/C=C\CCC(O[Si](C)(C)C)C(=O)OC)[C@H](OC(C)=O)C[C@@H]1OC(C)=O. The third-order valence-electron chi connectivity index (χ3n) is 6.21.